The maximum Gasteiger partial charge on any atom is 0.341 e. The van der Waals surface area contributed by atoms with Gasteiger partial charge in [0.15, 0.2) is 5.11 Å². The maximum atomic E-state index is 12.5. The van der Waals surface area contributed by atoms with Crippen molar-refractivity contribution in [1.82, 2.24) is 5.32 Å². The minimum absolute atomic E-state index is 0.101. The Bertz CT molecular complexity index is 814. The SMILES string of the molecule is COC(=O)c1c(NC(=S)NC(C)C2CCCO2)sc(C)c1-c1ccccc1. The summed E-state index contributed by atoms with van der Waals surface area (Å²) in [5.41, 5.74) is 2.37. The second-order valence-electron chi connectivity index (χ2n) is 6.53. The molecule has 7 heteroatoms. The smallest absolute Gasteiger partial charge is 0.341 e. The van der Waals surface area contributed by atoms with E-state index in [9.17, 15) is 4.79 Å². The number of thiophene rings is 1. The molecule has 1 aromatic carbocycles. The van der Waals surface area contributed by atoms with Gasteiger partial charge in [-0.15, -0.1) is 11.3 Å². The van der Waals surface area contributed by atoms with E-state index in [0.717, 1.165) is 35.5 Å². The first-order chi connectivity index (χ1) is 13.0. The van der Waals surface area contributed by atoms with Gasteiger partial charge in [0.1, 0.15) is 10.6 Å². The second-order valence-corrected chi connectivity index (χ2v) is 8.17. The van der Waals surface area contributed by atoms with Gasteiger partial charge in [0.2, 0.25) is 0 Å². The first-order valence-corrected chi connectivity index (χ1v) is 10.2. The molecule has 0 bridgehead atoms. The lowest BCUT2D eigenvalue weighted by Gasteiger charge is -2.21. The fourth-order valence-electron chi connectivity index (χ4n) is 3.32. The number of rotatable bonds is 5. The van der Waals surface area contributed by atoms with Gasteiger partial charge in [-0.3, -0.25) is 0 Å². The summed E-state index contributed by atoms with van der Waals surface area (Å²) >= 11 is 6.97. The minimum Gasteiger partial charge on any atom is -0.465 e. The number of aryl methyl sites for hydroxylation is 1. The first kappa shape index (κ1) is 19.8. The Morgan fingerprint density at radius 1 is 1.37 bits per heavy atom. The van der Waals surface area contributed by atoms with Crippen LogP contribution in [-0.4, -0.2) is 36.9 Å². The molecule has 1 saturated heterocycles. The number of thiocarbonyl (C=S) groups is 1. The van der Waals surface area contributed by atoms with Crippen molar-refractivity contribution in [3.8, 4) is 11.1 Å². The van der Waals surface area contributed by atoms with Gasteiger partial charge in [-0.1, -0.05) is 30.3 Å². The molecule has 1 aliphatic rings. The molecule has 2 N–H and O–H groups in total. The molecule has 144 valence electrons. The van der Waals surface area contributed by atoms with Gasteiger partial charge in [-0.2, -0.15) is 0 Å². The van der Waals surface area contributed by atoms with E-state index in [1.54, 1.807) is 0 Å². The highest BCUT2D eigenvalue weighted by molar-refractivity contribution is 7.80. The van der Waals surface area contributed by atoms with Gasteiger partial charge in [0, 0.05) is 17.0 Å². The van der Waals surface area contributed by atoms with Crippen molar-refractivity contribution in [2.24, 2.45) is 0 Å². The normalized spacial score (nSPS) is 17.4. The molecular formula is C20H24N2O3S2. The van der Waals surface area contributed by atoms with Crippen LogP contribution in [0.5, 0.6) is 0 Å². The fraction of sp³-hybridized carbons (Fsp3) is 0.400. The van der Waals surface area contributed by atoms with Crippen molar-refractivity contribution < 1.29 is 14.3 Å². The number of hydrogen-bond acceptors (Lipinski definition) is 5. The summed E-state index contributed by atoms with van der Waals surface area (Å²) in [5.74, 6) is -0.379. The average Bonchev–Trinajstić information content (AvgIpc) is 3.30. The van der Waals surface area contributed by atoms with Crippen LogP contribution < -0.4 is 10.6 Å². The molecule has 3 rings (SSSR count). The number of esters is 1. The highest BCUT2D eigenvalue weighted by Gasteiger charge is 2.26. The Kier molecular flexibility index (Phi) is 6.46. The fourth-order valence-corrected chi connectivity index (χ4v) is 4.74. The molecule has 2 aromatic rings. The molecule has 0 spiro atoms. The van der Waals surface area contributed by atoms with Crippen LogP contribution in [0, 0.1) is 6.92 Å². The molecular weight excluding hydrogens is 380 g/mol. The molecule has 1 aromatic heterocycles. The predicted octanol–water partition coefficient (Wildman–Crippen LogP) is 4.36. The number of benzene rings is 1. The Labute approximate surface area is 169 Å². The molecule has 1 fully saturated rings. The Morgan fingerprint density at radius 3 is 2.74 bits per heavy atom. The summed E-state index contributed by atoms with van der Waals surface area (Å²) in [7, 11) is 1.39. The third kappa shape index (κ3) is 4.48. The van der Waals surface area contributed by atoms with Crippen LogP contribution in [0.1, 0.15) is 35.0 Å². The summed E-state index contributed by atoms with van der Waals surface area (Å²) in [6.07, 6.45) is 2.27. The van der Waals surface area contributed by atoms with E-state index >= 15 is 0 Å². The third-order valence-electron chi connectivity index (χ3n) is 4.64. The van der Waals surface area contributed by atoms with Crippen LogP contribution in [0.4, 0.5) is 5.00 Å². The zero-order valence-corrected chi connectivity index (χ0v) is 17.3. The Balaban J connectivity index is 1.84. The van der Waals surface area contributed by atoms with Gasteiger partial charge in [0.05, 0.1) is 19.3 Å². The van der Waals surface area contributed by atoms with Crippen molar-refractivity contribution in [1.29, 1.82) is 0 Å². The molecule has 0 radical (unpaired) electrons. The lowest BCUT2D eigenvalue weighted by molar-refractivity contribution is 0.0603. The van der Waals surface area contributed by atoms with Crippen LogP contribution in [0.25, 0.3) is 11.1 Å². The molecule has 27 heavy (non-hydrogen) atoms. The highest BCUT2D eigenvalue weighted by Crippen LogP contribution is 2.40. The zero-order chi connectivity index (χ0) is 19.4. The molecule has 2 unspecified atom stereocenters. The number of carbonyl (C=O) groups excluding carboxylic acids is 1. The zero-order valence-electron chi connectivity index (χ0n) is 15.7. The van der Waals surface area contributed by atoms with E-state index in [2.05, 4.69) is 17.6 Å². The number of anilines is 1. The lowest BCUT2D eigenvalue weighted by Crippen LogP contribution is -2.42. The Morgan fingerprint density at radius 2 is 2.11 bits per heavy atom. The van der Waals surface area contributed by atoms with Crippen LogP contribution in [0.2, 0.25) is 0 Å². The van der Waals surface area contributed by atoms with Gasteiger partial charge >= 0.3 is 5.97 Å². The van der Waals surface area contributed by atoms with E-state index < -0.39 is 0 Å². The molecule has 0 aliphatic carbocycles. The second kappa shape index (κ2) is 8.82. The summed E-state index contributed by atoms with van der Waals surface area (Å²) in [5, 5.41) is 7.63. The topological polar surface area (TPSA) is 59.6 Å². The number of nitrogens with one attached hydrogen (secondary N) is 2. The monoisotopic (exact) mass is 404 g/mol. The largest absolute Gasteiger partial charge is 0.465 e. The van der Waals surface area contributed by atoms with E-state index in [1.165, 1.54) is 18.4 Å². The molecule has 2 atom stereocenters. The van der Waals surface area contributed by atoms with Gasteiger partial charge in [-0.05, 0) is 44.5 Å². The third-order valence-corrected chi connectivity index (χ3v) is 5.89. The van der Waals surface area contributed by atoms with E-state index in [0.29, 0.717) is 15.7 Å². The van der Waals surface area contributed by atoms with Crippen LogP contribution in [-0.2, 0) is 9.47 Å². The molecule has 0 saturated carbocycles. The van der Waals surface area contributed by atoms with E-state index in [1.807, 2.05) is 37.3 Å². The standard InChI is InChI=1S/C20H24N2O3S2/c1-12(15-10-7-11-25-15)21-20(26)22-18-17(19(23)24-3)16(13(2)27-18)14-8-5-4-6-9-14/h4-6,8-9,12,15H,7,10-11H2,1-3H3,(H2,21,22,26). The highest BCUT2D eigenvalue weighted by atomic mass is 32.1. The minimum atomic E-state index is -0.379. The number of methoxy groups -OCH3 is 1. The van der Waals surface area contributed by atoms with Crippen molar-refractivity contribution in [3.05, 3.63) is 40.8 Å². The number of hydrogen-bond donors (Lipinski definition) is 2. The van der Waals surface area contributed by atoms with Crippen LogP contribution in [0.15, 0.2) is 30.3 Å². The van der Waals surface area contributed by atoms with Gasteiger partial charge in [0.25, 0.3) is 0 Å². The van der Waals surface area contributed by atoms with Gasteiger partial charge < -0.3 is 20.1 Å². The van der Waals surface area contributed by atoms with Crippen molar-refractivity contribution >= 4 is 39.6 Å². The maximum absolute atomic E-state index is 12.5. The molecule has 2 heterocycles. The molecule has 1 aliphatic heterocycles. The average molecular weight is 405 g/mol. The summed E-state index contributed by atoms with van der Waals surface area (Å²) < 4.78 is 10.7. The quantitative estimate of drug-likeness (QED) is 0.570. The van der Waals surface area contributed by atoms with Crippen LogP contribution >= 0.6 is 23.6 Å². The van der Waals surface area contributed by atoms with Crippen LogP contribution in [0.3, 0.4) is 0 Å². The van der Waals surface area contributed by atoms with Gasteiger partial charge in [-0.25, -0.2) is 4.79 Å². The predicted molar refractivity (Wildman–Crippen MR) is 114 cm³/mol. The van der Waals surface area contributed by atoms with Crippen molar-refractivity contribution in [2.75, 3.05) is 19.0 Å². The van der Waals surface area contributed by atoms with E-state index in [-0.39, 0.29) is 18.1 Å². The molecule has 0 amide bonds. The van der Waals surface area contributed by atoms with Crippen molar-refractivity contribution in [3.63, 3.8) is 0 Å². The summed E-state index contributed by atoms with van der Waals surface area (Å²) in [6.45, 7) is 4.85. The summed E-state index contributed by atoms with van der Waals surface area (Å²) in [4.78, 5) is 13.5. The summed E-state index contributed by atoms with van der Waals surface area (Å²) in [6, 6.07) is 9.94. The first-order valence-electron chi connectivity index (χ1n) is 8.97. The number of ether oxygens (including phenoxy) is 2. The Hall–Kier alpha value is -1.96. The number of carbonyl (C=O) groups is 1. The van der Waals surface area contributed by atoms with Crippen molar-refractivity contribution in [2.45, 2.75) is 38.8 Å². The lowest BCUT2D eigenvalue weighted by atomic mass is 10.0. The van der Waals surface area contributed by atoms with E-state index in [4.69, 9.17) is 21.7 Å². The molecule has 5 nitrogen and oxygen atoms in total.